The summed E-state index contributed by atoms with van der Waals surface area (Å²) in [7, 11) is 0. The highest BCUT2D eigenvalue weighted by Gasteiger charge is 2.17. The standard InChI is InChI=1S/C17H20N2O2/c1-13-11-16(19-7-9-21-10-8-19)18-12-15(13)17(20)14-5-3-2-4-6-14/h2-6,11-12,17,20H,7-10H2,1H3. The van der Waals surface area contributed by atoms with Crippen LogP contribution in [0.15, 0.2) is 42.6 Å². The minimum Gasteiger partial charge on any atom is -0.384 e. The van der Waals surface area contributed by atoms with Crippen molar-refractivity contribution in [3.63, 3.8) is 0 Å². The van der Waals surface area contributed by atoms with Gasteiger partial charge in [0.15, 0.2) is 0 Å². The molecule has 2 aromatic rings. The van der Waals surface area contributed by atoms with E-state index >= 15 is 0 Å². The van der Waals surface area contributed by atoms with E-state index in [1.54, 1.807) is 6.20 Å². The van der Waals surface area contributed by atoms with Gasteiger partial charge < -0.3 is 14.7 Å². The molecule has 1 aromatic heterocycles. The molecule has 1 fully saturated rings. The van der Waals surface area contributed by atoms with Crippen molar-refractivity contribution in [3.05, 3.63) is 59.3 Å². The van der Waals surface area contributed by atoms with Crippen molar-refractivity contribution in [3.8, 4) is 0 Å². The molecule has 110 valence electrons. The maximum absolute atomic E-state index is 10.5. The topological polar surface area (TPSA) is 45.6 Å². The van der Waals surface area contributed by atoms with E-state index in [0.29, 0.717) is 0 Å². The van der Waals surface area contributed by atoms with Crippen molar-refractivity contribution < 1.29 is 9.84 Å². The van der Waals surface area contributed by atoms with Gasteiger partial charge in [0.05, 0.1) is 13.2 Å². The first-order chi connectivity index (χ1) is 10.3. The molecule has 1 unspecified atom stereocenters. The van der Waals surface area contributed by atoms with Crippen LogP contribution in [-0.4, -0.2) is 36.4 Å². The van der Waals surface area contributed by atoms with Crippen molar-refractivity contribution in [2.45, 2.75) is 13.0 Å². The summed E-state index contributed by atoms with van der Waals surface area (Å²) in [5, 5.41) is 10.5. The van der Waals surface area contributed by atoms with Crippen molar-refractivity contribution in [2.24, 2.45) is 0 Å². The van der Waals surface area contributed by atoms with Gasteiger partial charge in [0.25, 0.3) is 0 Å². The van der Waals surface area contributed by atoms with Crippen LogP contribution in [0, 0.1) is 6.92 Å². The Morgan fingerprint density at radius 1 is 1.19 bits per heavy atom. The zero-order valence-corrected chi connectivity index (χ0v) is 12.2. The van der Waals surface area contributed by atoms with Crippen molar-refractivity contribution >= 4 is 5.82 Å². The number of benzene rings is 1. The lowest BCUT2D eigenvalue weighted by molar-refractivity contribution is 0.122. The number of morpholine rings is 1. The highest BCUT2D eigenvalue weighted by Crippen LogP contribution is 2.26. The van der Waals surface area contributed by atoms with Gasteiger partial charge in [0, 0.05) is 24.8 Å². The molecule has 4 heteroatoms. The molecule has 1 aliphatic heterocycles. The average Bonchev–Trinajstić information content (AvgIpc) is 2.56. The fourth-order valence-electron chi connectivity index (χ4n) is 2.62. The van der Waals surface area contributed by atoms with Crippen molar-refractivity contribution in [2.75, 3.05) is 31.2 Å². The number of aromatic nitrogens is 1. The number of aliphatic hydroxyl groups excluding tert-OH is 1. The molecule has 0 saturated carbocycles. The van der Waals surface area contributed by atoms with Gasteiger partial charge in [-0.25, -0.2) is 4.98 Å². The summed E-state index contributed by atoms with van der Waals surface area (Å²) < 4.78 is 5.36. The van der Waals surface area contributed by atoms with E-state index < -0.39 is 6.10 Å². The summed E-state index contributed by atoms with van der Waals surface area (Å²) in [6.45, 7) is 5.25. The Morgan fingerprint density at radius 3 is 2.57 bits per heavy atom. The second-order valence-corrected chi connectivity index (χ2v) is 5.31. The van der Waals surface area contributed by atoms with Gasteiger partial charge in [0.1, 0.15) is 11.9 Å². The summed E-state index contributed by atoms with van der Waals surface area (Å²) in [6, 6.07) is 11.7. The summed E-state index contributed by atoms with van der Waals surface area (Å²) in [4.78, 5) is 6.74. The lowest BCUT2D eigenvalue weighted by Gasteiger charge is -2.28. The van der Waals surface area contributed by atoms with E-state index in [1.807, 2.05) is 43.3 Å². The van der Waals surface area contributed by atoms with E-state index in [0.717, 1.165) is 48.8 Å². The largest absolute Gasteiger partial charge is 0.384 e. The highest BCUT2D eigenvalue weighted by molar-refractivity contribution is 5.45. The Hall–Kier alpha value is -1.91. The Labute approximate surface area is 125 Å². The van der Waals surface area contributed by atoms with Crippen molar-refractivity contribution in [1.82, 2.24) is 4.98 Å². The van der Waals surface area contributed by atoms with Crippen LogP contribution in [0.4, 0.5) is 5.82 Å². The van der Waals surface area contributed by atoms with Gasteiger partial charge in [-0.1, -0.05) is 30.3 Å². The van der Waals surface area contributed by atoms with Crippen LogP contribution in [0.5, 0.6) is 0 Å². The highest BCUT2D eigenvalue weighted by atomic mass is 16.5. The molecule has 2 heterocycles. The zero-order valence-electron chi connectivity index (χ0n) is 12.2. The third-order valence-electron chi connectivity index (χ3n) is 3.88. The van der Waals surface area contributed by atoms with Crippen molar-refractivity contribution in [1.29, 1.82) is 0 Å². The van der Waals surface area contributed by atoms with Crippen LogP contribution in [0.3, 0.4) is 0 Å². The van der Waals surface area contributed by atoms with Crippen LogP contribution in [0.2, 0.25) is 0 Å². The van der Waals surface area contributed by atoms with E-state index in [9.17, 15) is 5.11 Å². The number of aryl methyl sites for hydroxylation is 1. The Balaban J connectivity index is 1.84. The van der Waals surface area contributed by atoms with Crippen LogP contribution < -0.4 is 4.90 Å². The molecule has 1 saturated heterocycles. The molecule has 4 nitrogen and oxygen atoms in total. The number of ether oxygens (including phenoxy) is 1. The number of hydrogen-bond donors (Lipinski definition) is 1. The molecular formula is C17H20N2O2. The van der Waals surface area contributed by atoms with Gasteiger partial charge in [-0.15, -0.1) is 0 Å². The molecule has 0 aliphatic carbocycles. The van der Waals surface area contributed by atoms with E-state index in [1.165, 1.54) is 0 Å². The predicted octanol–water partition coefficient (Wildman–Crippen LogP) is 2.31. The van der Waals surface area contributed by atoms with Crippen LogP contribution in [-0.2, 0) is 4.74 Å². The van der Waals surface area contributed by atoms with Gasteiger partial charge in [-0.2, -0.15) is 0 Å². The Bertz CT molecular complexity index is 595. The van der Waals surface area contributed by atoms with Gasteiger partial charge in [0.2, 0.25) is 0 Å². The number of rotatable bonds is 3. The third-order valence-corrected chi connectivity index (χ3v) is 3.88. The lowest BCUT2D eigenvalue weighted by atomic mass is 9.99. The summed E-state index contributed by atoms with van der Waals surface area (Å²) in [5.74, 6) is 0.958. The molecule has 0 radical (unpaired) electrons. The Kier molecular flexibility index (Phi) is 4.18. The third kappa shape index (κ3) is 3.06. The van der Waals surface area contributed by atoms with Gasteiger partial charge in [-0.05, 0) is 24.1 Å². The second-order valence-electron chi connectivity index (χ2n) is 5.31. The molecule has 0 bridgehead atoms. The second kappa shape index (κ2) is 6.24. The molecule has 3 rings (SSSR count). The fraction of sp³-hybridized carbons (Fsp3) is 0.353. The number of hydrogen-bond acceptors (Lipinski definition) is 4. The first kappa shape index (κ1) is 14.0. The number of pyridine rings is 1. The molecule has 0 spiro atoms. The minimum atomic E-state index is -0.627. The fourth-order valence-corrected chi connectivity index (χ4v) is 2.62. The number of anilines is 1. The zero-order chi connectivity index (χ0) is 14.7. The van der Waals surface area contributed by atoms with Crippen LogP contribution in [0.25, 0.3) is 0 Å². The molecule has 1 N–H and O–H groups in total. The van der Waals surface area contributed by atoms with Gasteiger partial charge in [-0.3, -0.25) is 0 Å². The maximum atomic E-state index is 10.5. The molecule has 21 heavy (non-hydrogen) atoms. The quantitative estimate of drug-likeness (QED) is 0.939. The first-order valence-electron chi connectivity index (χ1n) is 7.28. The smallest absolute Gasteiger partial charge is 0.128 e. The van der Waals surface area contributed by atoms with E-state index in [4.69, 9.17) is 4.74 Å². The normalized spacial score (nSPS) is 16.8. The number of aliphatic hydroxyl groups is 1. The van der Waals surface area contributed by atoms with Gasteiger partial charge >= 0.3 is 0 Å². The first-order valence-corrected chi connectivity index (χ1v) is 7.28. The van der Waals surface area contributed by atoms with Crippen LogP contribution >= 0.6 is 0 Å². The average molecular weight is 284 g/mol. The van der Waals surface area contributed by atoms with E-state index in [2.05, 4.69) is 9.88 Å². The Morgan fingerprint density at radius 2 is 1.90 bits per heavy atom. The van der Waals surface area contributed by atoms with E-state index in [-0.39, 0.29) is 0 Å². The minimum absolute atomic E-state index is 0.627. The SMILES string of the molecule is Cc1cc(N2CCOCC2)ncc1C(O)c1ccccc1. The van der Waals surface area contributed by atoms with Crippen LogP contribution in [0.1, 0.15) is 22.8 Å². The summed E-state index contributed by atoms with van der Waals surface area (Å²) >= 11 is 0. The number of nitrogens with zero attached hydrogens (tertiary/aromatic N) is 2. The molecular weight excluding hydrogens is 264 g/mol. The molecule has 0 amide bonds. The lowest BCUT2D eigenvalue weighted by Crippen LogP contribution is -2.36. The summed E-state index contributed by atoms with van der Waals surface area (Å²) in [5.41, 5.74) is 2.81. The summed E-state index contributed by atoms with van der Waals surface area (Å²) in [6.07, 6.45) is 1.16. The molecule has 1 aromatic carbocycles. The molecule has 1 atom stereocenters. The molecule has 1 aliphatic rings. The predicted molar refractivity (Wildman–Crippen MR) is 82.5 cm³/mol. The monoisotopic (exact) mass is 284 g/mol. The maximum Gasteiger partial charge on any atom is 0.128 e.